The van der Waals surface area contributed by atoms with Crippen molar-refractivity contribution in [3.63, 3.8) is 0 Å². The number of hydrogen-bond acceptors (Lipinski definition) is 5. The van der Waals surface area contributed by atoms with Gasteiger partial charge in [0.05, 0.1) is 24.7 Å². The summed E-state index contributed by atoms with van der Waals surface area (Å²) in [5, 5.41) is 1.24. The summed E-state index contributed by atoms with van der Waals surface area (Å²) in [7, 11) is -0.480. The molecule has 29 heavy (non-hydrogen) atoms. The largest absolute Gasteiger partial charge is 0.493 e. The second kappa shape index (κ2) is 7.22. The monoisotopic (exact) mass is 413 g/mol. The lowest BCUT2D eigenvalue weighted by atomic mass is 9.80. The highest BCUT2D eigenvalue weighted by molar-refractivity contribution is 7.94. The number of ether oxygens (including phenoxy) is 2. The Balaban J connectivity index is 1.85. The van der Waals surface area contributed by atoms with E-state index in [-0.39, 0.29) is 10.8 Å². The van der Waals surface area contributed by atoms with Crippen molar-refractivity contribution in [3.8, 4) is 11.5 Å². The summed E-state index contributed by atoms with van der Waals surface area (Å²) in [5.74, 6) is 1.22. The quantitative estimate of drug-likeness (QED) is 0.753. The molecule has 4 rings (SSSR count). The van der Waals surface area contributed by atoms with Gasteiger partial charge in [0.15, 0.2) is 21.3 Å². The molecule has 1 fully saturated rings. The third kappa shape index (κ3) is 3.19. The number of carbonyl (C=O) groups excluding carboxylic acids is 1. The van der Waals surface area contributed by atoms with Gasteiger partial charge in [0.25, 0.3) is 0 Å². The van der Waals surface area contributed by atoms with Crippen molar-refractivity contribution in [2.24, 2.45) is 0 Å². The third-order valence-corrected chi connectivity index (χ3v) is 7.20. The summed E-state index contributed by atoms with van der Waals surface area (Å²) < 4.78 is 36.6. The topological polar surface area (TPSA) is 72.9 Å². The van der Waals surface area contributed by atoms with Crippen LogP contribution in [0.2, 0.25) is 0 Å². The van der Waals surface area contributed by atoms with E-state index in [9.17, 15) is 13.2 Å². The van der Waals surface area contributed by atoms with Crippen molar-refractivity contribution in [2.75, 3.05) is 20.8 Å². The average Bonchev–Trinajstić information content (AvgIpc) is 3.09. The number of hydrogen-bond donors (Lipinski definition) is 0. The van der Waals surface area contributed by atoms with Crippen molar-refractivity contribution >= 4 is 15.7 Å². The molecule has 6 nitrogen and oxygen atoms in total. The van der Waals surface area contributed by atoms with Gasteiger partial charge in [-0.25, -0.2) is 8.42 Å². The predicted octanol–water partition coefficient (Wildman–Crippen LogP) is 3.07. The van der Waals surface area contributed by atoms with Crippen LogP contribution in [0.15, 0.2) is 58.8 Å². The first-order valence-corrected chi connectivity index (χ1v) is 11.0. The zero-order valence-corrected chi connectivity index (χ0v) is 17.2. The molecule has 2 heterocycles. The Morgan fingerprint density at radius 1 is 1.03 bits per heavy atom. The van der Waals surface area contributed by atoms with Crippen molar-refractivity contribution in [1.82, 2.24) is 4.90 Å². The summed E-state index contributed by atoms with van der Waals surface area (Å²) in [5.41, 5.74) is 1.13. The first kappa shape index (κ1) is 19.5. The predicted molar refractivity (Wildman–Crippen MR) is 109 cm³/mol. The molecule has 1 unspecified atom stereocenters. The molecule has 2 aromatic carbocycles. The Morgan fingerprint density at radius 2 is 1.72 bits per heavy atom. The van der Waals surface area contributed by atoms with Crippen LogP contribution in [-0.2, 0) is 26.6 Å². The lowest BCUT2D eigenvalue weighted by Crippen LogP contribution is -2.47. The summed E-state index contributed by atoms with van der Waals surface area (Å²) in [6, 6.07) is 12.1. The fourth-order valence-electron chi connectivity index (χ4n) is 4.31. The summed E-state index contributed by atoms with van der Waals surface area (Å²) in [4.78, 5) is 14.6. The van der Waals surface area contributed by atoms with E-state index in [1.165, 1.54) is 5.41 Å². The number of carbonyl (C=O) groups is 1. The van der Waals surface area contributed by atoms with Gasteiger partial charge in [-0.3, -0.25) is 4.79 Å². The molecule has 7 heteroatoms. The van der Waals surface area contributed by atoms with Crippen LogP contribution in [0.3, 0.4) is 0 Å². The molecule has 0 bridgehead atoms. The second-order valence-corrected chi connectivity index (χ2v) is 9.08. The highest BCUT2D eigenvalue weighted by Gasteiger charge is 2.48. The van der Waals surface area contributed by atoms with Crippen LogP contribution in [0, 0.1) is 0 Å². The SMILES string of the molecule is COc1cc2c(cc1OC)C1(/C=C/S(=O)(=O)c3ccccc3)CCC(=O)N1CC2. The van der Waals surface area contributed by atoms with E-state index in [1.54, 1.807) is 55.5 Å². The molecule has 1 amide bonds. The van der Waals surface area contributed by atoms with Gasteiger partial charge in [0, 0.05) is 18.4 Å². The van der Waals surface area contributed by atoms with Crippen molar-refractivity contribution in [3.05, 3.63) is 65.1 Å². The molecule has 0 aliphatic carbocycles. The van der Waals surface area contributed by atoms with E-state index in [0.717, 1.165) is 11.1 Å². The molecule has 0 N–H and O–H groups in total. The number of sulfone groups is 1. The van der Waals surface area contributed by atoms with E-state index in [1.807, 2.05) is 12.1 Å². The normalized spacial score (nSPS) is 21.2. The molecule has 2 aliphatic rings. The Morgan fingerprint density at radius 3 is 2.41 bits per heavy atom. The Kier molecular flexibility index (Phi) is 4.86. The molecule has 1 saturated heterocycles. The maximum Gasteiger partial charge on any atom is 0.223 e. The molecule has 0 saturated carbocycles. The van der Waals surface area contributed by atoms with E-state index < -0.39 is 15.4 Å². The van der Waals surface area contributed by atoms with Crippen LogP contribution in [0.1, 0.15) is 24.0 Å². The fourth-order valence-corrected chi connectivity index (χ4v) is 5.41. The van der Waals surface area contributed by atoms with Gasteiger partial charge in [-0.1, -0.05) is 18.2 Å². The number of amides is 1. The molecule has 2 aliphatic heterocycles. The number of methoxy groups -OCH3 is 2. The maximum atomic E-state index is 12.8. The fraction of sp³-hybridized carbons (Fsp3) is 0.318. The average molecular weight is 413 g/mol. The lowest BCUT2D eigenvalue weighted by Gasteiger charge is -2.42. The molecule has 0 aromatic heterocycles. The third-order valence-electron chi connectivity index (χ3n) is 5.78. The Bertz CT molecular complexity index is 1080. The van der Waals surface area contributed by atoms with Crippen LogP contribution < -0.4 is 9.47 Å². The number of benzene rings is 2. The minimum Gasteiger partial charge on any atom is -0.493 e. The minimum absolute atomic E-state index is 0.0344. The Labute approximate surface area is 170 Å². The molecule has 0 spiro atoms. The van der Waals surface area contributed by atoms with E-state index >= 15 is 0 Å². The first-order chi connectivity index (χ1) is 13.9. The van der Waals surface area contributed by atoms with Crippen molar-refractivity contribution in [1.29, 1.82) is 0 Å². The smallest absolute Gasteiger partial charge is 0.223 e. The zero-order chi connectivity index (χ0) is 20.6. The lowest BCUT2D eigenvalue weighted by molar-refractivity contribution is -0.130. The van der Waals surface area contributed by atoms with Crippen LogP contribution >= 0.6 is 0 Å². The second-order valence-electron chi connectivity index (χ2n) is 7.24. The molecule has 0 radical (unpaired) electrons. The van der Waals surface area contributed by atoms with Gasteiger partial charge in [0.1, 0.15) is 0 Å². The van der Waals surface area contributed by atoms with Gasteiger partial charge in [-0.05, 0) is 54.3 Å². The van der Waals surface area contributed by atoms with Crippen LogP contribution in [0.4, 0.5) is 0 Å². The van der Waals surface area contributed by atoms with Gasteiger partial charge < -0.3 is 14.4 Å². The van der Waals surface area contributed by atoms with Crippen LogP contribution in [0.5, 0.6) is 11.5 Å². The van der Waals surface area contributed by atoms with E-state index in [0.29, 0.717) is 37.3 Å². The first-order valence-electron chi connectivity index (χ1n) is 9.46. The Hall–Kier alpha value is -2.80. The van der Waals surface area contributed by atoms with Crippen LogP contribution in [0.25, 0.3) is 0 Å². The standard InChI is InChI=1S/C22H23NO5S/c1-27-19-14-16-9-12-23-21(24)8-10-22(23,18(16)15-20(19)28-2)11-13-29(25,26)17-6-4-3-5-7-17/h3-7,11,13-15H,8-10,12H2,1-2H3/b13-11+. The van der Waals surface area contributed by atoms with Gasteiger partial charge in [-0.2, -0.15) is 0 Å². The van der Waals surface area contributed by atoms with E-state index in [4.69, 9.17) is 9.47 Å². The number of nitrogens with zero attached hydrogens (tertiary/aromatic N) is 1. The van der Waals surface area contributed by atoms with Crippen LogP contribution in [-0.4, -0.2) is 40.0 Å². The number of fused-ring (bicyclic) bond motifs is 3. The summed E-state index contributed by atoms with van der Waals surface area (Å²) in [6.07, 6.45) is 3.26. The zero-order valence-electron chi connectivity index (χ0n) is 16.4. The van der Waals surface area contributed by atoms with Crippen molar-refractivity contribution < 1.29 is 22.7 Å². The summed E-state index contributed by atoms with van der Waals surface area (Å²) >= 11 is 0. The highest BCUT2D eigenvalue weighted by atomic mass is 32.2. The summed E-state index contributed by atoms with van der Waals surface area (Å²) in [6.45, 7) is 0.539. The minimum atomic E-state index is -3.63. The van der Waals surface area contributed by atoms with E-state index in [2.05, 4.69) is 0 Å². The maximum absolute atomic E-state index is 12.8. The molecular weight excluding hydrogens is 390 g/mol. The van der Waals surface area contributed by atoms with Crippen molar-refractivity contribution in [2.45, 2.75) is 29.7 Å². The molecule has 1 atom stereocenters. The molecule has 2 aromatic rings. The van der Waals surface area contributed by atoms with Gasteiger partial charge in [0.2, 0.25) is 5.91 Å². The molecule has 152 valence electrons. The highest BCUT2D eigenvalue weighted by Crippen LogP contribution is 2.48. The molecular formula is C22H23NO5S. The number of rotatable bonds is 5. The van der Waals surface area contributed by atoms with Gasteiger partial charge >= 0.3 is 0 Å². The van der Waals surface area contributed by atoms with Gasteiger partial charge in [-0.15, -0.1) is 0 Å².